The number of hydrogen-bond donors (Lipinski definition) is 3. The molecule has 6 heterocycles. The fourth-order valence-corrected chi connectivity index (χ4v) is 6.13. The average molecular weight is 601 g/mol. The predicted octanol–water partition coefficient (Wildman–Crippen LogP) is 3.58. The van der Waals surface area contributed by atoms with Crippen LogP contribution in [0.2, 0.25) is 0 Å². The van der Waals surface area contributed by atoms with Gasteiger partial charge in [-0.1, -0.05) is 0 Å². The van der Waals surface area contributed by atoms with Crippen molar-refractivity contribution in [2.24, 2.45) is 0 Å². The summed E-state index contributed by atoms with van der Waals surface area (Å²) in [5.41, 5.74) is 12.8. The Balaban J connectivity index is 0.000000145. The Hall–Kier alpha value is -6.16. The molecule has 8 rings (SSSR count). The summed E-state index contributed by atoms with van der Waals surface area (Å²) in [5, 5.41) is 16.5. The summed E-state index contributed by atoms with van der Waals surface area (Å²) in [6.45, 7) is 4.32. The molecule has 0 unspecified atom stereocenters. The first-order chi connectivity index (χ1) is 21.8. The number of nitrogens with two attached hydrogens (primary N) is 1. The summed E-state index contributed by atoms with van der Waals surface area (Å²) in [4.78, 5) is 40.3. The molecule has 0 aliphatic carbocycles. The van der Waals surface area contributed by atoms with E-state index < -0.39 is 0 Å². The van der Waals surface area contributed by atoms with Crippen molar-refractivity contribution >= 4 is 39.6 Å². The van der Waals surface area contributed by atoms with Gasteiger partial charge in [-0.25, -0.2) is 24.3 Å². The van der Waals surface area contributed by atoms with Gasteiger partial charge in [0.1, 0.15) is 23.5 Å². The third kappa shape index (κ3) is 4.69. The number of nitrogens with one attached hydrogen (secondary N) is 2. The van der Waals surface area contributed by atoms with Gasteiger partial charge in [0.2, 0.25) is 5.95 Å². The van der Waals surface area contributed by atoms with Crippen molar-refractivity contribution in [2.75, 3.05) is 18.8 Å². The van der Waals surface area contributed by atoms with Crippen LogP contribution in [0.5, 0.6) is 0 Å². The van der Waals surface area contributed by atoms with E-state index in [2.05, 4.69) is 36.6 Å². The molecule has 0 fully saturated rings. The smallest absolute Gasteiger partial charge is 0.268 e. The van der Waals surface area contributed by atoms with Crippen LogP contribution in [-0.2, 0) is 13.1 Å². The van der Waals surface area contributed by atoms with E-state index in [-0.39, 0.29) is 23.6 Å². The number of aromatic nitrogens is 6. The standard InChI is InChI=1S/C16H14FN5O.C16H11N5O/c1-8-11-4-10(17)5-12(9-6-20-16(18)21-7-9)14(11)22-3-2-19-15(23)13(8)22;17-6-10-3-11-5-14-16(22)20-1-2-21(14)15(11)13(4-10)12-7-18-9-19-8-12/h4-7H,2-3H2,1H3,(H,19,23)(H2,18,20,21);3-5,7-9H,1-2H2,(H,20,22). The first-order valence-electron chi connectivity index (χ1n) is 14.1. The number of nitrogens with zero attached hydrogens (tertiary/aromatic N) is 7. The molecule has 0 saturated heterocycles. The number of fused-ring (bicyclic) bond motifs is 6. The maximum absolute atomic E-state index is 14.1. The van der Waals surface area contributed by atoms with Crippen LogP contribution < -0.4 is 16.4 Å². The lowest BCUT2D eigenvalue weighted by Gasteiger charge is -2.18. The molecule has 4 aromatic heterocycles. The zero-order valence-corrected chi connectivity index (χ0v) is 24.0. The second-order valence-corrected chi connectivity index (χ2v) is 10.7. The second kappa shape index (κ2) is 10.8. The monoisotopic (exact) mass is 600 g/mol. The SMILES string of the molecule is Cc1c2n(c3c(-c4cnc(N)nc4)cc(F)cc13)CCNC2=O.N#Cc1cc(-c2cncnc2)c2c(c1)cc1n2CCNC1=O. The molecule has 2 aliphatic heterocycles. The van der Waals surface area contributed by atoms with Crippen molar-refractivity contribution in [1.29, 1.82) is 5.26 Å². The molecule has 45 heavy (non-hydrogen) atoms. The van der Waals surface area contributed by atoms with Gasteiger partial charge >= 0.3 is 0 Å². The van der Waals surface area contributed by atoms with Gasteiger partial charge in [-0.15, -0.1) is 0 Å². The minimum absolute atomic E-state index is 0.0868. The molecule has 12 nitrogen and oxygen atoms in total. The molecule has 0 spiro atoms. The van der Waals surface area contributed by atoms with Crippen LogP contribution in [0.15, 0.2) is 61.4 Å². The number of aryl methyl sites for hydroxylation is 1. The number of nitriles is 1. The Morgan fingerprint density at radius 1 is 0.867 bits per heavy atom. The van der Waals surface area contributed by atoms with Crippen LogP contribution in [0.1, 0.15) is 32.1 Å². The Morgan fingerprint density at radius 3 is 2.27 bits per heavy atom. The zero-order valence-electron chi connectivity index (χ0n) is 24.0. The van der Waals surface area contributed by atoms with Gasteiger partial charge in [-0.2, -0.15) is 5.26 Å². The molecule has 6 aromatic rings. The molecule has 0 radical (unpaired) electrons. The van der Waals surface area contributed by atoms with Crippen molar-refractivity contribution in [1.82, 2.24) is 39.7 Å². The number of rotatable bonds is 2. The highest BCUT2D eigenvalue weighted by Crippen LogP contribution is 2.36. The fraction of sp³-hybridized carbons (Fsp3) is 0.156. The van der Waals surface area contributed by atoms with E-state index in [1.54, 1.807) is 30.9 Å². The fourth-order valence-electron chi connectivity index (χ4n) is 6.13. The van der Waals surface area contributed by atoms with E-state index in [0.717, 1.165) is 38.5 Å². The number of anilines is 1. The highest BCUT2D eigenvalue weighted by atomic mass is 19.1. The summed E-state index contributed by atoms with van der Waals surface area (Å²) in [5.74, 6) is -0.425. The summed E-state index contributed by atoms with van der Waals surface area (Å²) in [6, 6.07) is 10.5. The quantitative estimate of drug-likeness (QED) is 0.271. The van der Waals surface area contributed by atoms with Crippen molar-refractivity contribution in [2.45, 2.75) is 20.0 Å². The lowest BCUT2D eigenvalue weighted by Crippen LogP contribution is -2.35. The van der Waals surface area contributed by atoms with E-state index in [4.69, 9.17) is 5.73 Å². The van der Waals surface area contributed by atoms with Crippen molar-refractivity contribution < 1.29 is 14.0 Å². The first-order valence-corrected chi connectivity index (χ1v) is 14.1. The van der Waals surface area contributed by atoms with E-state index in [0.29, 0.717) is 54.3 Å². The number of carbonyl (C=O) groups is 2. The second-order valence-electron chi connectivity index (χ2n) is 10.7. The third-order valence-electron chi connectivity index (χ3n) is 8.04. The summed E-state index contributed by atoms with van der Waals surface area (Å²) in [7, 11) is 0. The molecule has 0 saturated carbocycles. The van der Waals surface area contributed by atoms with Crippen molar-refractivity contribution in [3.05, 3.63) is 89.8 Å². The normalized spacial score (nSPS) is 13.7. The van der Waals surface area contributed by atoms with E-state index in [9.17, 15) is 19.2 Å². The molecule has 4 N–H and O–H groups in total. The predicted molar refractivity (Wildman–Crippen MR) is 164 cm³/mol. The van der Waals surface area contributed by atoms with E-state index in [1.807, 2.05) is 28.2 Å². The van der Waals surface area contributed by atoms with Gasteiger partial charge in [-0.05, 0) is 42.8 Å². The van der Waals surface area contributed by atoms with Crippen molar-refractivity contribution in [3.8, 4) is 28.3 Å². The molecule has 2 aliphatic rings. The Kier molecular flexibility index (Phi) is 6.66. The first kappa shape index (κ1) is 27.7. The number of halogens is 1. The molecule has 13 heteroatoms. The number of amides is 2. The van der Waals surface area contributed by atoms with Crippen LogP contribution in [0, 0.1) is 24.1 Å². The van der Waals surface area contributed by atoms with Crippen molar-refractivity contribution in [3.63, 3.8) is 0 Å². The maximum atomic E-state index is 14.1. The summed E-state index contributed by atoms with van der Waals surface area (Å²) < 4.78 is 18.1. The highest BCUT2D eigenvalue weighted by molar-refractivity contribution is 6.06. The van der Waals surface area contributed by atoms with Gasteiger partial charge in [0, 0.05) is 84.0 Å². The molecule has 222 valence electrons. The van der Waals surface area contributed by atoms with Crippen LogP contribution in [0.3, 0.4) is 0 Å². The largest absolute Gasteiger partial charge is 0.368 e. The lowest BCUT2D eigenvalue weighted by atomic mass is 10.0. The van der Waals surface area contributed by atoms with Gasteiger partial charge < -0.3 is 25.5 Å². The van der Waals surface area contributed by atoms with E-state index in [1.165, 1.54) is 18.5 Å². The Bertz CT molecular complexity index is 2200. The van der Waals surface area contributed by atoms with Gasteiger partial charge in [0.05, 0.1) is 22.7 Å². The molecule has 2 aromatic carbocycles. The van der Waals surface area contributed by atoms with Crippen LogP contribution in [-0.4, -0.2) is 54.0 Å². The molecule has 2 amide bonds. The lowest BCUT2D eigenvalue weighted by molar-refractivity contribution is 0.0920. The van der Waals surface area contributed by atoms with Crippen LogP contribution >= 0.6 is 0 Å². The minimum Gasteiger partial charge on any atom is -0.368 e. The highest BCUT2D eigenvalue weighted by Gasteiger charge is 2.26. The topological polar surface area (TPSA) is 169 Å². The Labute approximate surface area is 255 Å². The Morgan fingerprint density at radius 2 is 1.53 bits per heavy atom. The average Bonchev–Trinajstić information content (AvgIpc) is 3.58. The number of benzene rings is 2. The number of nitrogen functional groups attached to an aromatic ring is 1. The molecular formula is C32H25FN10O2. The molecule has 0 bridgehead atoms. The van der Waals surface area contributed by atoms with Crippen LogP contribution in [0.25, 0.3) is 44.1 Å². The minimum atomic E-state index is -0.365. The van der Waals surface area contributed by atoms with E-state index >= 15 is 0 Å². The van der Waals surface area contributed by atoms with Crippen LogP contribution in [0.4, 0.5) is 10.3 Å². The number of carbonyl (C=O) groups excluding carboxylic acids is 2. The molecule has 0 atom stereocenters. The van der Waals surface area contributed by atoms with Gasteiger partial charge in [-0.3, -0.25) is 9.59 Å². The number of hydrogen-bond acceptors (Lipinski definition) is 8. The summed E-state index contributed by atoms with van der Waals surface area (Å²) in [6.07, 6.45) is 8.02. The van der Waals surface area contributed by atoms with Gasteiger partial charge in [0.15, 0.2) is 0 Å². The van der Waals surface area contributed by atoms with Gasteiger partial charge in [0.25, 0.3) is 11.8 Å². The summed E-state index contributed by atoms with van der Waals surface area (Å²) >= 11 is 0. The molecular weight excluding hydrogens is 575 g/mol. The third-order valence-corrected chi connectivity index (χ3v) is 8.04. The maximum Gasteiger partial charge on any atom is 0.268 e. The zero-order chi connectivity index (χ0) is 31.2.